The maximum Gasteiger partial charge on any atom is 0.180 e. The smallest absolute Gasteiger partial charge is 0.180 e. The molecule has 0 aromatic heterocycles. The molecule has 0 amide bonds. The molecule has 1 aromatic carbocycles. The maximum atomic E-state index is 13.9. The van der Waals surface area contributed by atoms with Crippen LogP contribution < -0.4 is 0 Å². The first-order chi connectivity index (χ1) is 13.0. The van der Waals surface area contributed by atoms with Crippen molar-refractivity contribution in [1.29, 1.82) is 0 Å². The van der Waals surface area contributed by atoms with E-state index in [1.165, 1.54) is 0 Å². The standard InChI is InChI=1S/C23H20O3S/c1-12-2-8-17(9-3-12)27(26)23-16-7-6-15(11-16)20(23)21(24)18-13-4-5-14(10-13)19(18)22(23)25/h2-9,13-16,20H,10-11H2,1H3/t13-,14+,15+,16-,20-,23-,27+/m1/s1. The van der Waals surface area contributed by atoms with Gasteiger partial charge in [0.25, 0.3) is 0 Å². The highest BCUT2D eigenvalue weighted by molar-refractivity contribution is 7.87. The lowest BCUT2D eigenvalue weighted by atomic mass is 9.66. The van der Waals surface area contributed by atoms with Gasteiger partial charge >= 0.3 is 0 Å². The van der Waals surface area contributed by atoms with Gasteiger partial charge < -0.3 is 0 Å². The predicted octanol–water partition coefficient (Wildman–Crippen LogP) is 3.32. The number of hydrogen-bond donors (Lipinski definition) is 0. The first-order valence-electron chi connectivity index (χ1n) is 9.71. The Morgan fingerprint density at radius 2 is 1.63 bits per heavy atom. The lowest BCUT2D eigenvalue weighted by molar-refractivity contribution is -0.129. The molecular weight excluding hydrogens is 356 g/mol. The number of carbonyl (C=O) groups excluding carboxylic acids is 2. The second-order valence-corrected chi connectivity index (χ2v) is 10.3. The fraction of sp³-hybridized carbons (Fsp3) is 0.391. The fourth-order valence-electron chi connectivity index (χ4n) is 6.24. The summed E-state index contributed by atoms with van der Waals surface area (Å²) in [6.45, 7) is 1.99. The van der Waals surface area contributed by atoms with Crippen LogP contribution in [0.4, 0.5) is 0 Å². The van der Waals surface area contributed by atoms with E-state index in [1.807, 2.05) is 37.3 Å². The van der Waals surface area contributed by atoms with Crippen LogP contribution in [-0.2, 0) is 20.4 Å². The molecule has 6 rings (SSSR count). The van der Waals surface area contributed by atoms with Crippen LogP contribution in [0.3, 0.4) is 0 Å². The molecule has 4 bridgehead atoms. The molecule has 136 valence electrons. The van der Waals surface area contributed by atoms with Crippen molar-refractivity contribution in [2.75, 3.05) is 0 Å². The van der Waals surface area contributed by atoms with Crippen molar-refractivity contribution in [3.63, 3.8) is 0 Å². The Labute approximate surface area is 160 Å². The second kappa shape index (κ2) is 5.05. The van der Waals surface area contributed by atoms with Crippen molar-refractivity contribution in [3.8, 4) is 0 Å². The number of benzene rings is 1. The lowest BCUT2D eigenvalue weighted by Gasteiger charge is -2.43. The van der Waals surface area contributed by atoms with Gasteiger partial charge in [-0.2, -0.15) is 0 Å². The number of aryl methyl sites for hydroxylation is 1. The molecule has 4 heteroatoms. The van der Waals surface area contributed by atoms with Crippen molar-refractivity contribution >= 4 is 22.4 Å². The molecule has 0 aliphatic heterocycles. The Bertz CT molecular complexity index is 1030. The summed E-state index contributed by atoms with van der Waals surface area (Å²) in [5.41, 5.74) is 2.52. The Kier molecular flexibility index (Phi) is 2.98. The van der Waals surface area contributed by atoms with Gasteiger partial charge in [-0.3, -0.25) is 13.8 Å². The van der Waals surface area contributed by atoms with E-state index in [0.717, 1.165) is 24.0 Å². The molecule has 0 spiro atoms. The molecule has 3 nitrogen and oxygen atoms in total. The van der Waals surface area contributed by atoms with Gasteiger partial charge in [-0.25, -0.2) is 0 Å². The molecule has 7 atom stereocenters. The summed E-state index contributed by atoms with van der Waals surface area (Å²) in [6.07, 6.45) is 9.89. The van der Waals surface area contributed by atoms with E-state index in [9.17, 15) is 13.8 Å². The van der Waals surface area contributed by atoms with Crippen LogP contribution in [0.2, 0.25) is 0 Å². The van der Waals surface area contributed by atoms with Gasteiger partial charge in [-0.15, -0.1) is 0 Å². The molecule has 1 saturated carbocycles. The van der Waals surface area contributed by atoms with Gasteiger partial charge in [0.2, 0.25) is 0 Å². The molecule has 0 heterocycles. The quantitative estimate of drug-likeness (QED) is 0.744. The molecule has 27 heavy (non-hydrogen) atoms. The summed E-state index contributed by atoms with van der Waals surface area (Å²) >= 11 is 0. The van der Waals surface area contributed by atoms with Gasteiger partial charge in [0.05, 0.1) is 16.7 Å². The van der Waals surface area contributed by atoms with Crippen LogP contribution in [-0.4, -0.2) is 20.5 Å². The largest absolute Gasteiger partial charge is 0.294 e. The number of allylic oxidation sites excluding steroid dienone is 6. The van der Waals surface area contributed by atoms with Crippen molar-refractivity contribution < 1.29 is 13.8 Å². The monoisotopic (exact) mass is 376 g/mol. The molecule has 1 fully saturated rings. The number of rotatable bonds is 2. The van der Waals surface area contributed by atoms with Crippen LogP contribution in [0.25, 0.3) is 0 Å². The molecule has 0 radical (unpaired) electrons. The predicted molar refractivity (Wildman–Crippen MR) is 102 cm³/mol. The zero-order chi connectivity index (χ0) is 18.5. The van der Waals surface area contributed by atoms with Crippen molar-refractivity contribution in [1.82, 2.24) is 0 Å². The van der Waals surface area contributed by atoms with E-state index in [-0.39, 0.29) is 35.2 Å². The van der Waals surface area contributed by atoms with Gasteiger partial charge in [-0.1, -0.05) is 42.0 Å². The second-order valence-electron chi connectivity index (χ2n) is 8.60. The van der Waals surface area contributed by atoms with Crippen molar-refractivity contribution in [3.05, 3.63) is 65.3 Å². The Morgan fingerprint density at radius 3 is 2.37 bits per heavy atom. The number of fused-ring (bicyclic) bond motifs is 9. The molecule has 0 unspecified atom stereocenters. The molecule has 0 saturated heterocycles. The number of carbonyl (C=O) groups is 2. The average Bonchev–Trinajstić information content (AvgIpc) is 3.45. The van der Waals surface area contributed by atoms with Gasteiger partial charge in [-0.05, 0) is 37.8 Å². The first-order valence-corrected chi connectivity index (χ1v) is 10.9. The van der Waals surface area contributed by atoms with Gasteiger partial charge in [0, 0.05) is 33.8 Å². The molecular formula is C23H20O3S. The highest BCUT2D eigenvalue weighted by atomic mass is 32.2. The van der Waals surface area contributed by atoms with Gasteiger partial charge in [0.15, 0.2) is 11.6 Å². The third-order valence-corrected chi connectivity index (χ3v) is 9.42. The number of Topliss-reactive ketones (excluding diaryl/α,β-unsaturated/α-hetero) is 2. The third-order valence-electron chi connectivity index (χ3n) is 7.36. The minimum atomic E-state index is -1.55. The topological polar surface area (TPSA) is 51.2 Å². The summed E-state index contributed by atoms with van der Waals surface area (Å²) in [5.74, 6) is -0.309. The van der Waals surface area contributed by atoms with Crippen LogP contribution in [0, 0.1) is 36.5 Å². The van der Waals surface area contributed by atoms with Crippen LogP contribution in [0.5, 0.6) is 0 Å². The molecule has 1 aromatic rings. The molecule has 5 aliphatic carbocycles. The Balaban J connectivity index is 1.57. The third kappa shape index (κ3) is 1.71. The number of ketones is 2. The van der Waals surface area contributed by atoms with E-state index < -0.39 is 21.5 Å². The fourth-order valence-corrected chi connectivity index (χ4v) is 8.26. The average molecular weight is 376 g/mol. The zero-order valence-corrected chi connectivity index (χ0v) is 15.9. The van der Waals surface area contributed by atoms with Crippen LogP contribution in [0.1, 0.15) is 18.4 Å². The van der Waals surface area contributed by atoms with Crippen molar-refractivity contribution in [2.24, 2.45) is 29.6 Å². The van der Waals surface area contributed by atoms with Gasteiger partial charge in [0.1, 0.15) is 4.75 Å². The summed E-state index contributed by atoms with van der Waals surface area (Å²) in [7, 11) is -1.55. The Morgan fingerprint density at radius 1 is 0.926 bits per heavy atom. The minimum absolute atomic E-state index is 0.00490. The van der Waals surface area contributed by atoms with E-state index in [2.05, 4.69) is 18.2 Å². The first kappa shape index (κ1) is 15.9. The molecule has 0 N–H and O–H groups in total. The highest BCUT2D eigenvalue weighted by Crippen LogP contribution is 2.62. The maximum absolute atomic E-state index is 13.9. The number of hydrogen-bond acceptors (Lipinski definition) is 3. The van der Waals surface area contributed by atoms with Crippen LogP contribution in [0.15, 0.2) is 64.6 Å². The SMILES string of the molecule is Cc1ccc([S@](=O)[C@@]23C(=O)C4=C(C(=O)[C@H]2[C@H]2C=C[C@@H]3C2)[C@@H]2C=C[C@H]4C2)cc1. The Hall–Kier alpha value is -2.07. The van der Waals surface area contributed by atoms with Crippen molar-refractivity contribution in [2.45, 2.75) is 29.4 Å². The normalized spacial score (nSPS) is 41.4. The van der Waals surface area contributed by atoms with E-state index in [1.54, 1.807) is 0 Å². The van der Waals surface area contributed by atoms with Crippen LogP contribution >= 0.6 is 0 Å². The summed E-state index contributed by atoms with van der Waals surface area (Å²) in [4.78, 5) is 28.2. The summed E-state index contributed by atoms with van der Waals surface area (Å²) < 4.78 is 12.8. The summed E-state index contributed by atoms with van der Waals surface area (Å²) in [6, 6.07) is 7.58. The van der Waals surface area contributed by atoms with E-state index in [4.69, 9.17) is 0 Å². The molecule has 5 aliphatic rings. The summed E-state index contributed by atoms with van der Waals surface area (Å²) in [5, 5.41) is 0. The lowest BCUT2D eigenvalue weighted by Crippen LogP contribution is -2.59. The zero-order valence-electron chi connectivity index (χ0n) is 15.1. The van der Waals surface area contributed by atoms with E-state index >= 15 is 0 Å². The minimum Gasteiger partial charge on any atom is -0.294 e. The van der Waals surface area contributed by atoms with E-state index in [0.29, 0.717) is 10.5 Å². The highest BCUT2D eigenvalue weighted by Gasteiger charge is 2.70.